The Balaban J connectivity index is 1.94. The monoisotopic (exact) mass is 356 g/mol. The predicted octanol–water partition coefficient (Wildman–Crippen LogP) is 1.61. The highest BCUT2D eigenvalue weighted by Gasteiger charge is 2.06. The fraction of sp³-hybridized carbons (Fsp3) is 0.125. The van der Waals surface area contributed by atoms with Crippen LogP contribution in [0.3, 0.4) is 0 Å². The molecule has 0 spiro atoms. The smallest absolute Gasteiger partial charge is 0.269 e. The molecule has 0 fully saturated rings. The van der Waals surface area contributed by atoms with E-state index in [9.17, 15) is 20.2 Å². The molecule has 0 aliphatic rings. The average molecular weight is 356 g/mol. The molecule has 0 amide bonds. The molecular weight excluding hydrogens is 340 g/mol. The molecule has 2 rings (SSSR count). The largest absolute Gasteiger partial charge is 0.384 e. The molecule has 0 saturated heterocycles. The number of non-ortho nitro benzene ring substituents is 2. The second-order valence-corrected chi connectivity index (χ2v) is 5.14. The van der Waals surface area contributed by atoms with E-state index < -0.39 is 9.85 Å². The van der Waals surface area contributed by atoms with Crippen molar-refractivity contribution in [3.05, 3.63) is 79.9 Å². The minimum atomic E-state index is -0.493. The number of rotatable bonds is 7. The molecule has 2 aromatic rings. The van der Waals surface area contributed by atoms with Gasteiger partial charge in [-0.05, 0) is 24.3 Å². The van der Waals surface area contributed by atoms with Gasteiger partial charge in [-0.1, -0.05) is 0 Å². The van der Waals surface area contributed by atoms with Crippen molar-refractivity contribution in [2.45, 2.75) is 0 Å². The van der Waals surface area contributed by atoms with Crippen molar-refractivity contribution in [3.8, 4) is 0 Å². The normalized spacial score (nSPS) is 12.0. The van der Waals surface area contributed by atoms with E-state index in [0.29, 0.717) is 11.1 Å². The maximum atomic E-state index is 10.6. The Morgan fingerprint density at radius 2 is 1.04 bits per heavy atom. The molecule has 0 aliphatic heterocycles. The summed E-state index contributed by atoms with van der Waals surface area (Å²) < 4.78 is 0. The fourth-order valence-electron chi connectivity index (χ4n) is 2.03. The Morgan fingerprint density at radius 3 is 1.31 bits per heavy atom. The SMILES string of the molecule is NC(=NCCN=C(N)c1ccc([N+](=O)[O-])cc1)c1ccc([N+](=O)[O-])cc1. The number of hydrogen-bond acceptors (Lipinski definition) is 6. The molecule has 0 heterocycles. The molecule has 26 heavy (non-hydrogen) atoms. The summed E-state index contributed by atoms with van der Waals surface area (Å²) in [7, 11) is 0. The van der Waals surface area contributed by atoms with Gasteiger partial charge in [-0.25, -0.2) is 0 Å². The van der Waals surface area contributed by atoms with E-state index in [2.05, 4.69) is 9.98 Å². The van der Waals surface area contributed by atoms with Gasteiger partial charge in [-0.2, -0.15) is 0 Å². The van der Waals surface area contributed by atoms with Crippen LogP contribution in [-0.4, -0.2) is 34.6 Å². The Bertz CT molecular complexity index is 786. The van der Waals surface area contributed by atoms with Crippen molar-refractivity contribution in [2.24, 2.45) is 21.5 Å². The van der Waals surface area contributed by atoms with E-state index in [1.54, 1.807) is 0 Å². The van der Waals surface area contributed by atoms with Crippen LogP contribution >= 0.6 is 0 Å². The number of hydrogen-bond donors (Lipinski definition) is 2. The molecular formula is C16H16N6O4. The van der Waals surface area contributed by atoms with Gasteiger partial charge in [0.1, 0.15) is 11.7 Å². The highest BCUT2D eigenvalue weighted by atomic mass is 16.6. The maximum absolute atomic E-state index is 10.6. The minimum Gasteiger partial charge on any atom is -0.384 e. The summed E-state index contributed by atoms with van der Waals surface area (Å²) in [6.45, 7) is 0.549. The van der Waals surface area contributed by atoms with E-state index in [1.807, 2.05) is 0 Å². The summed E-state index contributed by atoms with van der Waals surface area (Å²) in [6, 6.07) is 11.5. The van der Waals surface area contributed by atoms with Gasteiger partial charge in [0, 0.05) is 35.4 Å². The van der Waals surface area contributed by atoms with Gasteiger partial charge in [-0.3, -0.25) is 30.2 Å². The maximum Gasteiger partial charge on any atom is 0.269 e. The van der Waals surface area contributed by atoms with Crippen molar-refractivity contribution in [2.75, 3.05) is 13.1 Å². The lowest BCUT2D eigenvalue weighted by molar-refractivity contribution is -0.385. The first-order valence-electron chi connectivity index (χ1n) is 7.48. The second-order valence-electron chi connectivity index (χ2n) is 5.14. The summed E-state index contributed by atoms with van der Waals surface area (Å²) in [6.07, 6.45) is 0. The summed E-state index contributed by atoms with van der Waals surface area (Å²) in [5.41, 5.74) is 12.8. The second kappa shape index (κ2) is 8.33. The Hall–Kier alpha value is -3.82. The van der Waals surface area contributed by atoms with Crippen molar-refractivity contribution in [3.63, 3.8) is 0 Å². The highest BCUT2D eigenvalue weighted by molar-refractivity contribution is 5.98. The number of aliphatic imine (C=N–C) groups is 2. The quantitative estimate of drug-likeness (QED) is 0.251. The van der Waals surface area contributed by atoms with Gasteiger partial charge in [0.2, 0.25) is 0 Å². The first-order chi connectivity index (χ1) is 12.4. The third-order valence-electron chi connectivity index (χ3n) is 3.41. The summed E-state index contributed by atoms with van der Waals surface area (Å²) >= 11 is 0. The number of nitrogens with two attached hydrogens (primary N) is 2. The molecule has 0 radical (unpaired) electrons. The van der Waals surface area contributed by atoms with Gasteiger partial charge in [0.25, 0.3) is 11.4 Å². The van der Waals surface area contributed by atoms with Crippen LogP contribution in [0, 0.1) is 20.2 Å². The van der Waals surface area contributed by atoms with Crippen LogP contribution in [0.4, 0.5) is 11.4 Å². The average Bonchev–Trinajstić information content (AvgIpc) is 2.65. The molecule has 10 heteroatoms. The molecule has 4 N–H and O–H groups in total. The van der Waals surface area contributed by atoms with Crippen molar-refractivity contribution in [1.29, 1.82) is 0 Å². The van der Waals surface area contributed by atoms with Gasteiger partial charge in [0.05, 0.1) is 22.9 Å². The lowest BCUT2D eigenvalue weighted by Gasteiger charge is -2.02. The summed E-state index contributed by atoms with van der Waals surface area (Å²) in [5.74, 6) is 0.480. The van der Waals surface area contributed by atoms with Gasteiger partial charge < -0.3 is 11.5 Å². The lowest BCUT2D eigenvalue weighted by atomic mass is 10.2. The molecule has 134 valence electrons. The Morgan fingerprint density at radius 1 is 0.731 bits per heavy atom. The first-order valence-corrected chi connectivity index (χ1v) is 7.48. The van der Waals surface area contributed by atoms with E-state index >= 15 is 0 Å². The molecule has 0 unspecified atom stereocenters. The topological polar surface area (TPSA) is 163 Å². The summed E-state index contributed by atoms with van der Waals surface area (Å²) in [4.78, 5) is 28.5. The van der Waals surface area contributed by atoms with Crippen molar-refractivity contribution in [1.82, 2.24) is 0 Å². The van der Waals surface area contributed by atoms with E-state index in [1.165, 1.54) is 48.5 Å². The number of amidine groups is 2. The lowest BCUT2D eigenvalue weighted by Crippen LogP contribution is -2.16. The standard InChI is InChI=1S/C16H16N6O4/c17-15(11-1-5-13(6-2-11)21(23)24)19-9-10-20-16(18)12-3-7-14(8-4-12)22(25)26/h1-8H,9-10H2,(H2,17,19)(H2,18,20). The minimum absolute atomic E-state index is 0.0259. The third kappa shape index (κ3) is 4.84. The van der Waals surface area contributed by atoms with Crippen LogP contribution in [0.25, 0.3) is 0 Å². The number of benzene rings is 2. The van der Waals surface area contributed by atoms with Crippen LogP contribution in [0.5, 0.6) is 0 Å². The van der Waals surface area contributed by atoms with E-state index in [4.69, 9.17) is 11.5 Å². The predicted molar refractivity (Wildman–Crippen MR) is 97.4 cm³/mol. The van der Waals surface area contributed by atoms with E-state index in [-0.39, 0.29) is 36.1 Å². The molecule has 0 bridgehead atoms. The van der Waals surface area contributed by atoms with Crippen LogP contribution in [0.1, 0.15) is 11.1 Å². The van der Waals surface area contributed by atoms with Crippen LogP contribution in [-0.2, 0) is 0 Å². The van der Waals surface area contributed by atoms with Crippen LogP contribution in [0.2, 0.25) is 0 Å². The van der Waals surface area contributed by atoms with Gasteiger partial charge >= 0.3 is 0 Å². The van der Waals surface area contributed by atoms with Crippen molar-refractivity contribution >= 4 is 23.0 Å². The molecule has 0 saturated carbocycles. The summed E-state index contributed by atoms with van der Waals surface area (Å²) in [5, 5.41) is 21.2. The molecule has 0 atom stereocenters. The Kier molecular flexibility index (Phi) is 5.93. The Labute approximate surface area is 148 Å². The van der Waals surface area contributed by atoms with Gasteiger partial charge in [-0.15, -0.1) is 0 Å². The number of nitro groups is 2. The van der Waals surface area contributed by atoms with Crippen LogP contribution < -0.4 is 11.5 Å². The highest BCUT2D eigenvalue weighted by Crippen LogP contribution is 2.12. The van der Waals surface area contributed by atoms with Crippen LogP contribution in [0.15, 0.2) is 58.5 Å². The zero-order valence-electron chi connectivity index (χ0n) is 13.6. The molecule has 2 aromatic carbocycles. The molecule has 10 nitrogen and oxygen atoms in total. The fourth-order valence-corrected chi connectivity index (χ4v) is 2.03. The first kappa shape index (κ1) is 18.5. The third-order valence-corrected chi connectivity index (χ3v) is 3.41. The molecule has 0 aromatic heterocycles. The number of nitrogens with zero attached hydrogens (tertiary/aromatic N) is 4. The van der Waals surface area contributed by atoms with Gasteiger partial charge in [0.15, 0.2) is 0 Å². The zero-order valence-corrected chi connectivity index (χ0v) is 13.6. The van der Waals surface area contributed by atoms with E-state index in [0.717, 1.165) is 0 Å². The molecule has 0 aliphatic carbocycles. The van der Waals surface area contributed by atoms with Crippen molar-refractivity contribution < 1.29 is 9.85 Å². The zero-order chi connectivity index (χ0) is 19.1. The number of nitro benzene ring substituents is 2.